The van der Waals surface area contributed by atoms with Crippen molar-refractivity contribution in [1.29, 1.82) is 5.26 Å². The fourth-order valence-corrected chi connectivity index (χ4v) is 1.48. The fourth-order valence-electron chi connectivity index (χ4n) is 1.48. The predicted molar refractivity (Wildman–Crippen MR) is 67.5 cm³/mol. The van der Waals surface area contributed by atoms with Crippen LogP contribution in [0.4, 0.5) is 5.82 Å². The highest BCUT2D eigenvalue weighted by Gasteiger charge is 2.20. The van der Waals surface area contributed by atoms with Gasteiger partial charge in [-0.05, 0) is 18.9 Å². The Kier molecular flexibility index (Phi) is 4.41. The van der Waals surface area contributed by atoms with E-state index in [1.54, 1.807) is 6.20 Å². The third-order valence-electron chi connectivity index (χ3n) is 2.63. The number of anilines is 1. The van der Waals surface area contributed by atoms with E-state index in [0.29, 0.717) is 12.2 Å². The molecule has 0 radical (unpaired) electrons. The van der Waals surface area contributed by atoms with Gasteiger partial charge in [-0.25, -0.2) is 9.97 Å². The molecule has 0 aromatic carbocycles. The lowest BCUT2D eigenvalue weighted by atomic mass is 9.93. The van der Waals surface area contributed by atoms with Crippen LogP contribution in [0.5, 0.6) is 0 Å². The first-order valence-electron chi connectivity index (χ1n) is 5.69. The van der Waals surface area contributed by atoms with Crippen LogP contribution in [0.1, 0.15) is 26.5 Å². The van der Waals surface area contributed by atoms with Crippen LogP contribution < -0.4 is 10.6 Å². The first kappa shape index (κ1) is 13.4. The highest BCUT2D eigenvalue weighted by atomic mass is 15.2. The highest BCUT2D eigenvalue weighted by Crippen LogP contribution is 2.18. The van der Waals surface area contributed by atoms with Crippen LogP contribution in [-0.2, 0) is 0 Å². The van der Waals surface area contributed by atoms with Gasteiger partial charge in [0.15, 0.2) is 5.69 Å². The first-order valence-corrected chi connectivity index (χ1v) is 5.69. The van der Waals surface area contributed by atoms with Crippen LogP contribution in [0.15, 0.2) is 12.4 Å². The summed E-state index contributed by atoms with van der Waals surface area (Å²) in [5.41, 5.74) is 6.10. The van der Waals surface area contributed by atoms with Crippen LogP contribution >= 0.6 is 0 Å². The zero-order valence-electron chi connectivity index (χ0n) is 10.6. The minimum atomic E-state index is 0.0333. The maximum Gasteiger partial charge on any atom is 0.158 e. The van der Waals surface area contributed by atoms with Gasteiger partial charge in [-0.1, -0.05) is 13.8 Å². The topological polar surface area (TPSA) is 78.8 Å². The maximum atomic E-state index is 8.67. The third-order valence-corrected chi connectivity index (χ3v) is 2.63. The molecule has 5 heteroatoms. The van der Waals surface area contributed by atoms with Gasteiger partial charge in [0.1, 0.15) is 11.9 Å². The lowest BCUT2D eigenvalue weighted by Gasteiger charge is -2.31. The van der Waals surface area contributed by atoms with Crippen LogP contribution in [-0.4, -0.2) is 29.6 Å². The second-order valence-corrected chi connectivity index (χ2v) is 4.75. The third kappa shape index (κ3) is 3.68. The Bertz CT molecular complexity index is 390. The monoisotopic (exact) mass is 233 g/mol. The molecule has 0 saturated heterocycles. The van der Waals surface area contributed by atoms with Gasteiger partial charge in [0.05, 0.1) is 12.4 Å². The minimum Gasteiger partial charge on any atom is -0.355 e. The molecule has 1 heterocycles. The molecule has 0 unspecified atom stereocenters. The van der Waals surface area contributed by atoms with Gasteiger partial charge in [0.25, 0.3) is 0 Å². The van der Waals surface area contributed by atoms with E-state index >= 15 is 0 Å². The molecule has 1 aromatic heterocycles. The second-order valence-electron chi connectivity index (χ2n) is 4.75. The molecular formula is C12H19N5. The summed E-state index contributed by atoms with van der Waals surface area (Å²) in [6.07, 6.45) is 3.13. The summed E-state index contributed by atoms with van der Waals surface area (Å²) < 4.78 is 0. The molecule has 1 rings (SSSR count). The number of hydrogen-bond acceptors (Lipinski definition) is 5. The van der Waals surface area contributed by atoms with E-state index in [1.165, 1.54) is 6.20 Å². The Balaban J connectivity index is 2.83. The van der Waals surface area contributed by atoms with Gasteiger partial charge in [0.2, 0.25) is 0 Å². The van der Waals surface area contributed by atoms with Crippen molar-refractivity contribution in [2.45, 2.75) is 20.8 Å². The molecule has 0 amide bonds. The average Bonchev–Trinajstić information content (AvgIpc) is 2.36. The average molecular weight is 233 g/mol. The van der Waals surface area contributed by atoms with E-state index in [2.05, 4.69) is 35.6 Å². The van der Waals surface area contributed by atoms with Crippen LogP contribution in [0.2, 0.25) is 0 Å². The summed E-state index contributed by atoms with van der Waals surface area (Å²) in [5.74, 6) is 0.785. The van der Waals surface area contributed by atoms with Crippen LogP contribution in [0.25, 0.3) is 0 Å². The zero-order valence-corrected chi connectivity index (χ0v) is 10.6. The Morgan fingerprint density at radius 2 is 2.12 bits per heavy atom. The van der Waals surface area contributed by atoms with Crippen molar-refractivity contribution in [2.75, 3.05) is 24.5 Å². The van der Waals surface area contributed by atoms with E-state index in [4.69, 9.17) is 11.0 Å². The Morgan fingerprint density at radius 3 is 2.53 bits per heavy atom. The van der Waals surface area contributed by atoms with Crippen molar-refractivity contribution < 1.29 is 0 Å². The van der Waals surface area contributed by atoms with E-state index in [0.717, 1.165) is 18.9 Å². The Labute approximate surface area is 102 Å². The normalized spacial score (nSPS) is 11.0. The Morgan fingerprint density at radius 1 is 1.41 bits per heavy atom. The molecule has 2 N–H and O–H groups in total. The molecule has 0 aliphatic heterocycles. The van der Waals surface area contributed by atoms with Crippen molar-refractivity contribution in [3.63, 3.8) is 0 Å². The molecule has 0 spiro atoms. The van der Waals surface area contributed by atoms with Crippen LogP contribution in [0, 0.1) is 16.7 Å². The molecular weight excluding hydrogens is 214 g/mol. The van der Waals surface area contributed by atoms with E-state index < -0.39 is 0 Å². The largest absolute Gasteiger partial charge is 0.355 e. The van der Waals surface area contributed by atoms with E-state index in [1.807, 2.05) is 6.07 Å². The number of hydrogen-bond donors (Lipinski definition) is 1. The number of nitrogens with two attached hydrogens (primary N) is 1. The predicted octanol–water partition coefficient (Wildman–Crippen LogP) is 1.16. The van der Waals surface area contributed by atoms with Gasteiger partial charge in [-0.15, -0.1) is 0 Å². The molecule has 0 atom stereocenters. The van der Waals surface area contributed by atoms with Gasteiger partial charge in [-0.3, -0.25) is 0 Å². The number of rotatable bonds is 5. The van der Waals surface area contributed by atoms with Gasteiger partial charge < -0.3 is 10.6 Å². The minimum absolute atomic E-state index is 0.0333. The second kappa shape index (κ2) is 5.60. The first-order chi connectivity index (χ1) is 8.02. The number of nitrogens with zero attached hydrogens (tertiary/aromatic N) is 4. The Hall–Kier alpha value is -1.67. The summed E-state index contributed by atoms with van der Waals surface area (Å²) in [4.78, 5) is 10.4. The summed E-state index contributed by atoms with van der Waals surface area (Å²) in [6.45, 7) is 8.57. The van der Waals surface area contributed by atoms with Gasteiger partial charge >= 0.3 is 0 Å². The molecule has 1 aromatic rings. The van der Waals surface area contributed by atoms with E-state index in [-0.39, 0.29) is 5.41 Å². The maximum absolute atomic E-state index is 8.67. The summed E-state index contributed by atoms with van der Waals surface area (Å²) in [6, 6.07) is 1.96. The lowest BCUT2D eigenvalue weighted by molar-refractivity contribution is 0.378. The molecule has 0 saturated carbocycles. The van der Waals surface area contributed by atoms with Crippen molar-refractivity contribution in [2.24, 2.45) is 11.1 Å². The summed E-state index contributed by atoms with van der Waals surface area (Å²) in [7, 11) is 0. The lowest BCUT2D eigenvalue weighted by Crippen LogP contribution is -2.39. The van der Waals surface area contributed by atoms with Gasteiger partial charge in [-0.2, -0.15) is 5.26 Å². The highest BCUT2D eigenvalue weighted by molar-refractivity contribution is 5.37. The summed E-state index contributed by atoms with van der Waals surface area (Å²) in [5, 5.41) is 8.67. The van der Waals surface area contributed by atoms with Crippen molar-refractivity contribution >= 4 is 5.82 Å². The molecule has 0 aliphatic carbocycles. The number of nitriles is 1. The van der Waals surface area contributed by atoms with E-state index in [9.17, 15) is 0 Å². The quantitative estimate of drug-likeness (QED) is 0.825. The van der Waals surface area contributed by atoms with Crippen LogP contribution in [0.3, 0.4) is 0 Å². The van der Waals surface area contributed by atoms with Crippen molar-refractivity contribution in [3.05, 3.63) is 18.1 Å². The van der Waals surface area contributed by atoms with Crippen molar-refractivity contribution in [3.8, 4) is 6.07 Å². The smallest absolute Gasteiger partial charge is 0.158 e. The molecule has 5 nitrogen and oxygen atoms in total. The number of aromatic nitrogens is 2. The summed E-state index contributed by atoms with van der Waals surface area (Å²) >= 11 is 0. The molecule has 92 valence electrons. The fraction of sp³-hybridized carbons (Fsp3) is 0.583. The molecule has 17 heavy (non-hydrogen) atoms. The molecule has 0 aliphatic rings. The molecule has 0 fully saturated rings. The zero-order chi connectivity index (χ0) is 12.9. The van der Waals surface area contributed by atoms with Gasteiger partial charge in [0, 0.05) is 13.1 Å². The molecule has 0 bridgehead atoms. The SMILES string of the molecule is CCN(CC(C)(C)CN)c1cnc(C#N)cn1. The van der Waals surface area contributed by atoms with Crippen molar-refractivity contribution in [1.82, 2.24) is 9.97 Å². The standard InChI is InChI=1S/C12H19N5/c1-4-17(9-12(2,3)8-14)11-7-15-10(5-13)6-16-11/h6-7H,4,8-9,14H2,1-3H3.